The number of likely N-dealkylation sites (tertiary alicyclic amines) is 1. The van der Waals surface area contributed by atoms with Gasteiger partial charge in [0.1, 0.15) is 0 Å². The highest BCUT2D eigenvalue weighted by atomic mass is 16.5. The van der Waals surface area contributed by atoms with Crippen LogP contribution in [-0.4, -0.2) is 51.3 Å². The minimum atomic E-state index is 0.511. The summed E-state index contributed by atoms with van der Waals surface area (Å²) >= 11 is 0. The third-order valence-electron chi connectivity index (χ3n) is 3.70. The van der Waals surface area contributed by atoms with Crippen molar-refractivity contribution in [3.8, 4) is 0 Å². The van der Waals surface area contributed by atoms with Crippen LogP contribution >= 0.6 is 0 Å². The second-order valence-corrected chi connectivity index (χ2v) is 5.30. The van der Waals surface area contributed by atoms with Crippen molar-refractivity contribution in [3.05, 3.63) is 29.7 Å². The van der Waals surface area contributed by atoms with E-state index in [1.54, 1.807) is 6.20 Å². The predicted molar refractivity (Wildman–Crippen MR) is 70.7 cm³/mol. The molecule has 1 aliphatic heterocycles. The van der Waals surface area contributed by atoms with Crippen LogP contribution in [0.4, 0.5) is 0 Å². The molecule has 1 unspecified atom stereocenters. The molecule has 0 N–H and O–H groups in total. The van der Waals surface area contributed by atoms with E-state index in [4.69, 9.17) is 9.05 Å². The van der Waals surface area contributed by atoms with Gasteiger partial charge in [-0.3, -0.25) is 9.80 Å². The molecule has 2 aromatic rings. The van der Waals surface area contributed by atoms with E-state index in [9.17, 15) is 0 Å². The fourth-order valence-corrected chi connectivity index (χ4v) is 2.62. The van der Waals surface area contributed by atoms with Gasteiger partial charge < -0.3 is 9.05 Å². The maximum Gasteiger partial charge on any atom is 0.223 e. The molecule has 0 radical (unpaired) electrons. The Labute approximate surface area is 117 Å². The number of nitrogens with zero attached hydrogens (tertiary/aromatic N) is 5. The first-order chi connectivity index (χ1) is 9.70. The monoisotopic (exact) mass is 277 g/mol. The number of likely N-dealkylation sites (N-methyl/N-ethyl adjacent to an activating group) is 1. The molecule has 20 heavy (non-hydrogen) atoms. The first-order valence-corrected chi connectivity index (χ1v) is 6.82. The molecular weight excluding hydrogens is 258 g/mol. The zero-order valence-electron chi connectivity index (χ0n) is 11.8. The van der Waals surface area contributed by atoms with Gasteiger partial charge in [0.15, 0.2) is 11.6 Å². The van der Waals surface area contributed by atoms with Crippen LogP contribution in [-0.2, 0) is 13.1 Å². The molecular formula is C13H19N5O2. The minimum Gasteiger partial charge on any atom is -0.360 e. The summed E-state index contributed by atoms with van der Waals surface area (Å²) in [7, 11) is 2.11. The molecule has 1 saturated heterocycles. The van der Waals surface area contributed by atoms with E-state index in [0.29, 0.717) is 11.9 Å². The van der Waals surface area contributed by atoms with Crippen molar-refractivity contribution in [2.75, 3.05) is 20.1 Å². The molecule has 1 aliphatic rings. The molecule has 3 rings (SSSR count). The summed E-state index contributed by atoms with van der Waals surface area (Å²) in [5, 5.41) is 7.68. The lowest BCUT2D eigenvalue weighted by Crippen LogP contribution is -2.34. The Balaban J connectivity index is 1.51. The van der Waals surface area contributed by atoms with E-state index in [-0.39, 0.29) is 0 Å². The van der Waals surface area contributed by atoms with Gasteiger partial charge in [0.2, 0.25) is 5.89 Å². The lowest BCUT2D eigenvalue weighted by molar-refractivity contribution is 0.208. The van der Waals surface area contributed by atoms with Crippen LogP contribution in [0, 0.1) is 6.92 Å². The topological polar surface area (TPSA) is 71.4 Å². The molecule has 0 amide bonds. The summed E-state index contributed by atoms with van der Waals surface area (Å²) in [6.07, 6.45) is 2.83. The van der Waals surface area contributed by atoms with Crippen molar-refractivity contribution >= 4 is 0 Å². The van der Waals surface area contributed by atoms with Gasteiger partial charge in [0.25, 0.3) is 0 Å². The molecule has 0 bridgehead atoms. The Morgan fingerprint density at radius 3 is 3.05 bits per heavy atom. The van der Waals surface area contributed by atoms with E-state index in [0.717, 1.165) is 44.2 Å². The van der Waals surface area contributed by atoms with Crippen LogP contribution in [0.25, 0.3) is 0 Å². The maximum atomic E-state index is 5.15. The molecule has 108 valence electrons. The number of aryl methyl sites for hydroxylation is 1. The molecule has 7 heteroatoms. The zero-order chi connectivity index (χ0) is 13.9. The summed E-state index contributed by atoms with van der Waals surface area (Å²) in [5.41, 5.74) is 0. The molecule has 1 fully saturated rings. The van der Waals surface area contributed by atoms with Crippen molar-refractivity contribution in [3.63, 3.8) is 0 Å². The van der Waals surface area contributed by atoms with Crippen LogP contribution < -0.4 is 0 Å². The first kappa shape index (κ1) is 13.3. The van der Waals surface area contributed by atoms with Crippen LogP contribution in [0.5, 0.6) is 0 Å². The van der Waals surface area contributed by atoms with Crippen LogP contribution in [0.1, 0.15) is 23.9 Å². The summed E-state index contributed by atoms with van der Waals surface area (Å²) in [6, 6.07) is 2.43. The predicted octanol–water partition coefficient (Wildman–Crippen LogP) is 1.07. The molecule has 0 aliphatic carbocycles. The third-order valence-corrected chi connectivity index (χ3v) is 3.70. The normalized spacial score (nSPS) is 20.1. The van der Waals surface area contributed by atoms with Crippen molar-refractivity contribution in [2.24, 2.45) is 0 Å². The number of hydrogen-bond acceptors (Lipinski definition) is 7. The molecule has 0 aromatic carbocycles. The second-order valence-electron chi connectivity index (χ2n) is 5.30. The summed E-state index contributed by atoms with van der Waals surface area (Å²) < 4.78 is 10.2. The van der Waals surface area contributed by atoms with E-state index in [1.807, 2.05) is 13.0 Å². The fourth-order valence-electron chi connectivity index (χ4n) is 2.62. The van der Waals surface area contributed by atoms with Crippen molar-refractivity contribution < 1.29 is 9.05 Å². The minimum absolute atomic E-state index is 0.511. The highest BCUT2D eigenvalue weighted by Crippen LogP contribution is 2.18. The molecule has 3 heterocycles. The SMILES string of the molecule is Cc1nc(CN(C)C2CCN(Cc3ccno3)C2)no1. The molecule has 1 atom stereocenters. The Morgan fingerprint density at radius 1 is 1.45 bits per heavy atom. The fraction of sp³-hybridized carbons (Fsp3) is 0.615. The zero-order valence-corrected chi connectivity index (χ0v) is 11.8. The Morgan fingerprint density at radius 2 is 2.35 bits per heavy atom. The van der Waals surface area contributed by atoms with Gasteiger partial charge in [-0.25, -0.2) is 0 Å². The van der Waals surface area contributed by atoms with Crippen LogP contribution in [0.3, 0.4) is 0 Å². The standard InChI is InChI=1S/C13H19N5O2/c1-10-15-13(16-19-10)9-17(2)11-4-6-18(7-11)8-12-3-5-14-20-12/h3,5,11H,4,6-9H2,1-2H3. The van der Waals surface area contributed by atoms with E-state index < -0.39 is 0 Å². The van der Waals surface area contributed by atoms with Gasteiger partial charge in [-0.1, -0.05) is 10.3 Å². The van der Waals surface area contributed by atoms with E-state index in [1.165, 1.54) is 0 Å². The van der Waals surface area contributed by atoms with Crippen molar-refractivity contribution in [1.82, 2.24) is 25.1 Å². The number of rotatable bonds is 5. The molecule has 0 saturated carbocycles. The van der Waals surface area contributed by atoms with Gasteiger partial charge >= 0.3 is 0 Å². The van der Waals surface area contributed by atoms with Gasteiger partial charge in [0, 0.05) is 32.1 Å². The van der Waals surface area contributed by atoms with Crippen LogP contribution in [0.2, 0.25) is 0 Å². The first-order valence-electron chi connectivity index (χ1n) is 6.82. The Bertz CT molecular complexity index is 539. The third kappa shape index (κ3) is 3.05. The number of aromatic nitrogens is 3. The number of hydrogen-bond donors (Lipinski definition) is 0. The van der Waals surface area contributed by atoms with Gasteiger partial charge in [-0.2, -0.15) is 4.98 Å². The lowest BCUT2D eigenvalue weighted by Gasteiger charge is -2.23. The second kappa shape index (κ2) is 5.72. The smallest absolute Gasteiger partial charge is 0.223 e. The van der Waals surface area contributed by atoms with Crippen LogP contribution in [0.15, 0.2) is 21.3 Å². The average Bonchev–Trinajstić information content (AvgIpc) is 3.12. The van der Waals surface area contributed by atoms with Gasteiger partial charge in [0.05, 0.1) is 19.3 Å². The Kier molecular flexibility index (Phi) is 3.79. The van der Waals surface area contributed by atoms with E-state index in [2.05, 4.69) is 32.1 Å². The maximum absolute atomic E-state index is 5.15. The van der Waals surface area contributed by atoms with E-state index >= 15 is 0 Å². The van der Waals surface area contributed by atoms with Crippen molar-refractivity contribution in [2.45, 2.75) is 32.5 Å². The van der Waals surface area contributed by atoms with Gasteiger partial charge in [-0.15, -0.1) is 0 Å². The highest BCUT2D eigenvalue weighted by Gasteiger charge is 2.27. The summed E-state index contributed by atoms with van der Waals surface area (Å²) in [4.78, 5) is 8.91. The lowest BCUT2D eigenvalue weighted by atomic mass is 10.2. The molecule has 7 nitrogen and oxygen atoms in total. The average molecular weight is 277 g/mol. The molecule has 0 spiro atoms. The molecule has 2 aromatic heterocycles. The largest absolute Gasteiger partial charge is 0.360 e. The quantitative estimate of drug-likeness (QED) is 0.809. The van der Waals surface area contributed by atoms with Gasteiger partial charge in [-0.05, 0) is 13.5 Å². The summed E-state index contributed by atoms with van der Waals surface area (Å²) in [5.74, 6) is 2.28. The van der Waals surface area contributed by atoms with Crippen molar-refractivity contribution in [1.29, 1.82) is 0 Å². The summed E-state index contributed by atoms with van der Waals surface area (Å²) in [6.45, 7) is 5.45. The highest BCUT2D eigenvalue weighted by molar-refractivity contribution is 4.95. The Hall–Kier alpha value is -1.73.